The number of hydrogen-bond acceptors (Lipinski definition) is 5. The molecule has 6 nitrogen and oxygen atoms in total. The zero-order chi connectivity index (χ0) is 19.1. The second kappa shape index (κ2) is 7.09. The maximum Gasteiger partial charge on any atom is 0.246 e. The molecule has 146 valence electrons. The lowest BCUT2D eigenvalue weighted by molar-refractivity contribution is -0.117. The first-order valence-corrected chi connectivity index (χ1v) is 10.1. The van der Waals surface area contributed by atoms with Crippen molar-refractivity contribution in [3.8, 4) is 5.75 Å². The molecular formula is C22H26N4O2. The second-order valence-electron chi connectivity index (χ2n) is 7.94. The average molecular weight is 378 g/mol. The largest absolute Gasteiger partial charge is 0.493 e. The topological polar surface area (TPSA) is 48.9 Å². The summed E-state index contributed by atoms with van der Waals surface area (Å²) < 4.78 is 5.80. The Hall–Kier alpha value is -2.60. The maximum atomic E-state index is 12.4. The number of likely N-dealkylation sites (N-methyl/N-ethyl adjacent to an activating group) is 1. The summed E-state index contributed by atoms with van der Waals surface area (Å²) in [5.41, 5.74) is 3.78. The summed E-state index contributed by atoms with van der Waals surface area (Å²) in [4.78, 5) is 23.2. The summed E-state index contributed by atoms with van der Waals surface area (Å²) in [7, 11) is 1.90. The Balaban J connectivity index is 1.24. The average Bonchev–Trinajstić information content (AvgIpc) is 3.04. The number of piperidine rings is 1. The van der Waals surface area contributed by atoms with Crippen molar-refractivity contribution in [1.82, 2.24) is 9.88 Å². The number of fused-ring (bicyclic) bond motifs is 3. The van der Waals surface area contributed by atoms with Crippen molar-refractivity contribution < 1.29 is 9.53 Å². The Morgan fingerprint density at radius 1 is 1.21 bits per heavy atom. The number of pyridine rings is 1. The molecule has 1 saturated heterocycles. The first-order valence-electron chi connectivity index (χ1n) is 10.1. The van der Waals surface area contributed by atoms with E-state index >= 15 is 0 Å². The Bertz CT molecular complexity index is 872. The van der Waals surface area contributed by atoms with Gasteiger partial charge in [-0.05, 0) is 36.6 Å². The Kier molecular flexibility index (Phi) is 4.43. The van der Waals surface area contributed by atoms with Gasteiger partial charge in [0.2, 0.25) is 5.91 Å². The van der Waals surface area contributed by atoms with Crippen LogP contribution in [-0.4, -0.2) is 61.7 Å². The van der Waals surface area contributed by atoms with E-state index in [4.69, 9.17) is 4.74 Å². The Morgan fingerprint density at radius 3 is 2.93 bits per heavy atom. The number of amides is 1. The third kappa shape index (κ3) is 2.92. The molecule has 28 heavy (non-hydrogen) atoms. The molecule has 0 radical (unpaired) electrons. The number of aromatic nitrogens is 1. The van der Waals surface area contributed by atoms with E-state index in [2.05, 4.69) is 33.0 Å². The van der Waals surface area contributed by atoms with Crippen LogP contribution in [0.2, 0.25) is 0 Å². The van der Waals surface area contributed by atoms with Gasteiger partial charge in [0.1, 0.15) is 5.75 Å². The van der Waals surface area contributed by atoms with Crippen molar-refractivity contribution in [2.24, 2.45) is 0 Å². The minimum Gasteiger partial charge on any atom is -0.493 e. The highest BCUT2D eigenvalue weighted by atomic mass is 16.5. The fourth-order valence-corrected chi connectivity index (χ4v) is 4.98. The lowest BCUT2D eigenvalue weighted by Crippen LogP contribution is -2.51. The van der Waals surface area contributed by atoms with Crippen LogP contribution in [0.4, 0.5) is 11.4 Å². The number of likely N-dealkylation sites (tertiary alicyclic amines) is 1. The monoisotopic (exact) mass is 378 g/mol. The summed E-state index contributed by atoms with van der Waals surface area (Å²) in [6.45, 7) is 4.43. The Labute approximate surface area is 165 Å². The van der Waals surface area contributed by atoms with Crippen LogP contribution in [0.25, 0.3) is 0 Å². The number of benzene rings is 1. The number of ether oxygens (including phenoxy) is 1. The van der Waals surface area contributed by atoms with Gasteiger partial charge in [0.05, 0.1) is 24.5 Å². The van der Waals surface area contributed by atoms with Crippen molar-refractivity contribution in [2.45, 2.75) is 24.8 Å². The highest BCUT2D eigenvalue weighted by molar-refractivity contribution is 6.04. The highest BCUT2D eigenvalue weighted by Crippen LogP contribution is 2.50. The predicted molar refractivity (Wildman–Crippen MR) is 109 cm³/mol. The molecule has 6 heteroatoms. The minimum absolute atomic E-state index is 0.195. The third-order valence-electron chi connectivity index (χ3n) is 6.37. The number of anilines is 2. The maximum absolute atomic E-state index is 12.4. The van der Waals surface area contributed by atoms with Gasteiger partial charge in [-0.15, -0.1) is 0 Å². The molecule has 0 spiro atoms. The molecule has 1 fully saturated rings. The molecule has 3 aliphatic rings. The van der Waals surface area contributed by atoms with Gasteiger partial charge in [-0.3, -0.25) is 9.78 Å². The number of para-hydroxylation sites is 1. The van der Waals surface area contributed by atoms with Crippen molar-refractivity contribution in [3.05, 3.63) is 48.3 Å². The van der Waals surface area contributed by atoms with Crippen LogP contribution in [0.1, 0.15) is 24.3 Å². The van der Waals surface area contributed by atoms with E-state index in [0.717, 1.165) is 50.5 Å². The lowest BCUT2D eigenvalue weighted by atomic mass is 9.89. The van der Waals surface area contributed by atoms with E-state index in [1.165, 1.54) is 11.3 Å². The van der Waals surface area contributed by atoms with E-state index in [-0.39, 0.29) is 5.91 Å². The van der Waals surface area contributed by atoms with E-state index in [9.17, 15) is 4.79 Å². The van der Waals surface area contributed by atoms with Gasteiger partial charge in [0, 0.05) is 51.0 Å². The van der Waals surface area contributed by atoms with Gasteiger partial charge in [-0.1, -0.05) is 12.1 Å². The van der Waals surface area contributed by atoms with E-state index in [1.54, 1.807) is 12.4 Å². The molecule has 1 amide bonds. The number of rotatable bonds is 5. The predicted octanol–water partition coefficient (Wildman–Crippen LogP) is 2.51. The van der Waals surface area contributed by atoms with Crippen LogP contribution in [0.5, 0.6) is 5.75 Å². The molecular weight excluding hydrogens is 352 g/mol. The van der Waals surface area contributed by atoms with Crippen molar-refractivity contribution in [2.75, 3.05) is 49.6 Å². The molecule has 2 aromatic rings. The molecule has 0 bridgehead atoms. The fourth-order valence-electron chi connectivity index (χ4n) is 4.98. The molecule has 2 unspecified atom stereocenters. The van der Waals surface area contributed by atoms with Crippen LogP contribution in [0.3, 0.4) is 0 Å². The molecule has 1 aromatic heterocycles. The molecule has 1 aromatic carbocycles. The number of hydrogen-bond donors (Lipinski definition) is 0. The van der Waals surface area contributed by atoms with Gasteiger partial charge in [-0.25, -0.2) is 0 Å². The van der Waals surface area contributed by atoms with Crippen molar-refractivity contribution in [1.29, 1.82) is 0 Å². The van der Waals surface area contributed by atoms with Crippen LogP contribution in [0, 0.1) is 0 Å². The summed E-state index contributed by atoms with van der Waals surface area (Å²) in [5, 5.41) is 0. The van der Waals surface area contributed by atoms with Crippen LogP contribution >= 0.6 is 0 Å². The molecule has 0 aliphatic carbocycles. The third-order valence-corrected chi connectivity index (χ3v) is 6.37. The first kappa shape index (κ1) is 17.5. The zero-order valence-electron chi connectivity index (χ0n) is 16.3. The summed E-state index contributed by atoms with van der Waals surface area (Å²) in [6.07, 6.45) is 5.64. The van der Waals surface area contributed by atoms with Crippen LogP contribution < -0.4 is 14.5 Å². The summed E-state index contributed by atoms with van der Waals surface area (Å²) in [5.74, 6) is 1.57. The van der Waals surface area contributed by atoms with Crippen LogP contribution in [0.15, 0.2) is 42.7 Å². The number of carbonyl (C=O) groups is 1. The molecule has 0 saturated carbocycles. The van der Waals surface area contributed by atoms with Crippen molar-refractivity contribution in [3.63, 3.8) is 0 Å². The second-order valence-corrected chi connectivity index (χ2v) is 7.94. The molecule has 0 N–H and O–H groups in total. The molecule has 2 atom stereocenters. The molecule has 5 rings (SSSR count). The fraction of sp³-hybridized carbons (Fsp3) is 0.455. The smallest absolute Gasteiger partial charge is 0.246 e. The van der Waals surface area contributed by atoms with Gasteiger partial charge < -0.3 is 19.4 Å². The van der Waals surface area contributed by atoms with Gasteiger partial charge >= 0.3 is 0 Å². The first-order chi connectivity index (χ1) is 13.7. The summed E-state index contributed by atoms with van der Waals surface area (Å²) >= 11 is 0. The quantitative estimate of drug-likeness (QED) is 0.749. The van der Waals surface area contributed by atoms with Gasteiger partial charge in [0.25, 0.3) is 0 Å². The van der Waals surface area contributed by atoms with Crippen LogP contribution in [-0.2, 0) is 4.79 Å². The van der Waals surface area contributed by atoms with E-state index < -0.39 is 0 Å². The van der Waals surface area contributed by atoms with Crippen molar-refractivity contribution >= 4 is 17.3 Å². The summed E-state index contributed by atoms with van der Waals surface area (Å²) in [6, 6.07) is 10.7. The lowest BCUT2D eigenvalue weighted by Gasteiger charge is -2.40. The van der Waals surface area contributed by atoms with Gasteiger partial charge in [0.15, 0.2) is 0 Å². The van der Waals surface area contributed by atoms with E-state index in [0.29, 0.717) is 18.5 Å². The molecule has 3 aliphatic heterocycles. The molecule has 4 heterocycles. The standard InChI is InChI=1S/C22H26N4O2/c1-24-20-5-2-4-17-18-14-25(11-3-13-28-16-6-9-23-10-7-16)12-8-19(18)26(22(17)20)15-21(24)27/h2,4-7,9-10,18-19H,3,8,11-15H2,1H3. The van der Waals surface area contributed by atoms with Gasteiger partial charge in [-0.2, -0.15) is 0 Å². The highest BCUT2D eigenvalue weighted by Gasteiger charge is 2.46. The number of carbonyl (C=O) groups excluding carboxylic acids is 1. The van der Waals surface area contributed by atoms with E-state index in [1.807, 2.05) is 24.1 Å². The Morgan fingerprint density at radius 2 is 2.07 bits per heavy atom. The SMILES string of the molecule is CN1C(=O)CN2c3c(cccc31)C1CN(CCCOc3ccncc3)CCC12. The number of nitrogens with zero attached hydrogens (tertiary/aromatic N) is 4. The zero-order valence-corrected chi connectivity index (χ0v) is 16.3. The normalized spacial score (nSPS) is 23.5. The minimum atomic E-state index is 0.195.